The minimum Gasteiger partial charge on any atom is -0.497 e. The number of aromatic nitrogens is 1. The molecule has 1 atom stereocenters. The van der Waals surface area contributed by atoms with Gasteiger partial charge in [0.25, 0.3) is 5.91 Å². The number of aliphatic hydroxyl groups excluding tert-OH is 1. The molecular formula is C19H24N2O5. The zero-order valence-electron chi connectivity index (χ0n) is 15.4. The molecule has 0 fully saturated rings. The van der Waals surface area contributed by atoms with Gasteiger partial charge in [-0.1, -0.05) is 12.1 Å². The number of H-pyrrole nitrogens is 1. The first-order chi connectivity index (χ1) is 12.3. The Balaban J connectivity index is 1.89. The first-order valence-electron chi connectivity index (χ1n) is 8.27. The lowest BCUT2D eigenvalue weighted by Gasteiger charge is -2.08. The van der Waals surface area contributed by atoms with E-state index in [1.807, 2.05) is 24.3 Å². The fourth-order valence-electron chi connectivity index (χ4n) is 2.83. The maximum atomic E-state index is 12.2. The Hall–Kier alpha value is -2.80. The van der Waals surface area contributed by atoms with Crippen LogP contribution >= 0.6 is 0 Å². The molecule has 0 unspecified atom stereocenters. The van der Waals surface area contributed by atoms with Crippen molar-refractivity contribution in [3.63, 3.8) is 0 Å². The van der Waals surface area contributed by atoms with Crippen LogP contribution in [-0.4, -0.2) is 35.7 Å². The van der Waals surface area contributed by atoms with E-state index >= 15 is 0 Å². The van der Waals surface area contributed by atoms with E-state index in [0.29, 0.717) is 29.1 Å². The molecule has 0 aliphatic heterocycles. The summed E-state index contributed by atoms with van der Waals surface area (Å²) in [7, 11) is 1.57. The number of carbonyl (C=O) groups is 2. The average molecular weight is 360 g/mol. The maximum absolute atomic E-state index is 12.2. The molecule has 1 aromatic carbocycles. The number of nitrogens with one attached hydrogen (secondary N) is 2. The van der Waals surface area contributed by atoms with Crippen molar-refractivity contribution in [3.05, 3.63) is 52.3 Å². The number of aromatic amines is 1. The predicted octanol–water partition coefficient (Wildman–Crippen LogP) is 2.17. The molecule has 0 bridgehead atoms. The highest BCUT2D eigenvalue weighted by atomic mass is 16.5. The van der Waals surface area contributed by atoms with E-state index in [9.17, 15) is 14.7 Å². The molecule has 1 amide bonds. The molecule has 0 saturated heterocycles. The standard InChI is InChI=1S/C19H24N2O5/c1-11-17(13(3)22)12(2)21-18(11)19(24)26-10-16(23)20-9-14-6-5-7-15(8-14)25-4/h5-8,13,21-22H,9-10H2,1-4H3,(H,20,23)/t13-/m0/s1. The Kier molecular flexibility index (Phi) is 6.41. The number of aliphatic hydroxyl groups is 1. The number of ether oxygens (including phenoxy) is 2. The second kappa shape index (κ2) is 8.53. The highest BCUT2D eigenvalue weighted by molar-refractivity contribution is 5.91. The van der Waals surface area contributed by atoms with Crippen LogP contribution in [0.1, 0.15) is 45.9 Å². The summed E-state index contributed by atoms with van der Waals surface area (Å²) in [5.41, 5.74) is 3.12. The normalized spacial score (nSPS) is 11.7. The van der Waals surface area contributed by atoms with Crippen molar-refractivity contribution in [2.75, 3.05) is 13.7 Å². The van der Waals surface area contributed by atoms with E-state index < -0.39 is 18.0 Å². The summed E-state index contributed by atoms with van der Waals surface area (Å²) in [5, 5.41) is 12.5. The van der Waals surface area contributed by atoms with Crippen LogP contribution in [0.4, 0.5) is 0 Å². The average Bonchev–Trinajstić information content (AvgIpc) is 2.92. The topological polar surface area (TPSA) is 101 Å². The second-order valence-electron chi connectivity index (χ2n) is 6.04. The van der Waals surface area contributed by atoms with Crippen molar-refractivity contribution in [1.82, 2.24) is 10.3 Å². The Morgan fingerprint density at radius 2 is 2.04 bits per heavy atom. The number of carbonyl (C=O) groups excluding carboxylic acids is 2. The van der Waals surface area contributed by atoms with Crippen molar-refractivity contribution in [2.24, 2.45) is 0 Å². The fourth-order valence-corrected chi connectivity index (χ4v) is 2.83. The number of amides is 1. The van der Waals surface area contributed by atoms with Gasteiger partial charge in [0.1, 0.15) is 11.4 Å². The molecule has 1 heterocycles. The summed E-state index contributed by atoms with van der Waals surface area (Å²) in [6, 6.07) is 7.32. The number of hydrogen-bond donors (Lipinski definition) is 3. The number of benzene rings is 1. The molecule has 0 saturated carbocycles. The van der Waals surface area contributed by atoms with Gasteiger partial charge in [-0.15, -0.1) is 0 Å². The van der Waals surface area contributed by atoms with Gasteiger partial charge < -0.3 is 24.9 Å². The van der Waals surface area contributed by atoms with Crippen molar-refractivity contribution in [2.45, 2.75) is 33.4 Å². The third-order valence-electron chi connectivity index (χ3n) is 4.08. The van der Waals surface area contributed by atoms with Gasteiger partial charge in [-0.05, 0) is 44.0 Å². The molecule has 26 heavy (non-hydrogen) atoms. The van der Waals surface area contributed by atoms with Gasteiger partial charge in [0.15, 0.2) is 6.61 Å². The molecule has 140 valence electrons. The Labute approximate surface area is 152 Å². The van der Waals surface area contributed by atoms with Gasteiger partial charge in [0.2, 0.25) is 0 Å². The van der Waals surface area contributed by atoms with Gasteiger partial charge >= 0.3 is 5.97 Å². The van der Waals surface area contributed by atoms with Gasteiger partial charge in [-0.3, -0.25) is 4.79 Å². The highest BCUT2D eigenvalue weighted by Crippen LogP contribution is 2.24. The number of methoxy groups -OCH3 is 1. The van der Waals surface area contributed by atoms with Crippen LogP contribution in [-0.2, 0) is 16.1 Å². The van der Waals surface area contributed by atoms with Gasteiger partial charge in [-0.25, -0.2) is 4.79 Å². The molecule has 7 nitrogen and oxygen atoms in total. The smallest absolute Gasteiger partial charge is 0.355 e. The van der Waals surface area contributed by atoms with Gasteiger partial charge in [0, 0.05) is 17.8 Å². The van der Waals surface area contributed by atoms with Crippen molar-refractivity contribution >= 4 is 11.9 Å². The Bertz CT molecular complexity index is 795. The Morgan fingerprint density at radius 3 is 2.65 bits per heavy atom. The molecule has 0 aliphatic rings. The van der Waals surface area contributed by atoms with Crippen LogP contribution in [0.25, 0.3) is 0 Å². The third-order valence-corrected chi connectivity index (χ3v) is 4.08. The third kappa shape index (κ3) is 4.64. The molecule has 0 radical (unpaired) electrons. The lowest BCUT2D eigenvalue weighted by Crippen LogP contribution is -2.28. The quantitative estimate of drug-likeness (QED) is 0.657. The first kappa shape index (κ1) is 19.5. The van der Waals surface area contributed by atoms with E-state index in [0.717, 1.165) is 5.56 Å². The molecule has 1 aromatic heterocycles. The summed E-state index contributed by atoms with van der Waals surface area (Å²) >= 11 is 0. The fraction of sp³-hybridized carbons (Fsp3) is 0.368. The zero-order valence-corrected chi connectivity index (χ0v) is 15.4. The largest absolute Gasteiger partial charge is 0.497 e. The summed E-state index contributed by atoms with van der Waals surface area (Å²) in [6.07, 6.45) is -0.695. The van der Waals surface area contributed by atoms with Crippen molar-refractivity contribution < 1.29 is 24.2 Å². The SMILES string of the molecule is COc1cccc(CNC(=O)COC(=O)c2[nH]c(C)c([C@H](C)O)c2C)c1. The number of aryl methyl sites for hydroxylation is 1. The number of esters is 1. The zero-order chi connectivity index (χ0) is 19.3. The maximum Gasteiger partial charge on any atom is 0.355 e. The van der Waals surface area contributed by atoms with E-state index in [4.69, 9.17) is 9.47 Å². The van der Waals surface area contributed by atoms with Crippen LogP contribution in [0.3, 0.4) is 0 Å². The lowest BCUT2D eigenvalue weighted by atomic mass is 10.1. The Morgan fingerprint density at radius 1 is 1.31 bits per heavy atom. The van der Waals surface area contributed by atoms with Crippen LogP contribution in [0.5, 0.6) is 5.75 Å². The summed E-state index contributed by atoms with van der Waals surface area (Å²) in [6.45, 7) is 5.05. The highest BCUT2D eigenvalue weighted by Gasteiger charge is 2.21. The molecule has 2 rings (SSSR count). The van der Waals surface area contributed by atoms with E-state index in [2.05, 4.69) is 10.3 Å². The van der Waals surface area contributed by atoms with Gasteiger partial charge in [0.05, 0.1) is 13.2 Å². The van der Waals surface area contributed by atoms with E-state index in [1.54, 1.807) is 27.9 Å². The molecule has 2 aromatic rings. The predicted molar refractivity (Wildman–Crippen MR) is 96.0 cm³/mol. The molecule has 0 aliphatic carbocycles. The monoisotopic (exact) mass is 360 g/mol. The van der Waals surface area contributed by atoms with Crippen LogP contribution < -0.4 is 10.1 Å². The van der Waals surface area contributed by atoms with Crippen molar-refractivity contribution in [1.29, 1.82) is 0 Å². The molecule has 0 spiro atoms. The first-order valence-corrected chi connectivity index (χ1v) is 8.27. The summed E-state index contributed by atoms with van der Waals surface area (Å²) in [4.78, 5) is 27.0. The molecular weight excluding hydrogens is 336 g/mol. The minimum absolute atomic E-state index is 0.249. The lowest BCUT2D eigenvalue weighted by molar-refractivity contribution is -0.124. The van der Waals surface area contributed by atoms with Crippen LogP contribution in [0.2, 0.25) is 0 Å². The summed E-state index contributed by atoms with van der Waals surface area (Å²) < 4.78 is 10.2. The van der Waals surface area contributed by atoms with Crippen molar-refractivity contribution in [3.8, 4) is 5.75 Å². The molecule has 7 heteroatoms. The number of hydrogen-bond acceptors (Lipinski definition) is 5. The second-order valence-corrected chi connectivity index (χ2v) is 6.04. The minimum atomic E-state index is -0.695. The van der Waals surface area contributed by atoms with Crippen LogP contribution in [0.15, 0.2) is 24.3 Å². The summed E-state index contributed by atoms with van der Waals surface area (Å²) in [5.74, 6) is -0.332. The number of rotatable bonds is 7. The molecule has 3 N–H and O–H groups in total. The van der Waals surface area contributed by atoms with Crippen LogP contribution in [0, 0.1) is 13.8 Å². The van der Waals surface area contributed by atoms with E-state index in [1.165, 1.54) is 0 Å². The van der Waals surface area contributed by atoms with Gasteiger partial charge in [-0.2, -0.15) is 0 Å². The van der Waals surface area contributed by atoms with E-state index in [-0.39, 0.29) is 12.3 Å².